The molecule has 2 unspecified atom stereocenters. The van der Waals surface area contributed by atoms with Crippen LogP contribution in [0.5, 0.6) is 5.75 Å². The molecule has 3 rings (SSSR count). The van der Waals surface area contributed by atoms with Crippen molar-refractivity contribution in [3.05, 3.63) is 24.5 Å². The van der Waals surface area contributed by atoms with Gasteiger partial charge in [0.15, 0.2) is 0 Å². The second-order valence-corrected chi connectivity index (χ2v) is 6.69. The van der Waals surface area contributed by atoms with E-state index in [1.807, 2.05) is 18.3 Å². The van der Waals surface area contributed by atoms with Crippen LogP contribution in [0.4, 0.5) is 0 Å². The van der Waals surface area contributed by atoms with Gasteiger partial charge in [0.25, 0.3) is 0 Å². The fraction of sp³-hybridized carbons (Fsp3) is 0.722. The van der Waals surface area contributed by atoms with Crippen LogP contribution in [0.1, 0.15) is 58.3 Å². The first-order valence-corrected chi connectivity index (χ1v) is 8.65. The molecule has 1 aromatic rings. The topological polar surface area (TPSA) is 34.1 Å². The monoisotopic (exact) mass is 288 g/mol. The van der Waals surface area contributed by atoms with Gasteiger partial charge in [-0.05, 0) is 37.9 Å². The minimum absolute atomic E-state index is 0.363. The first-order chi connectivity index (χ1) is 10.3. The largest absolute Gasteiger partial charge is 0.488 e. The third-order valence-electron chi connectivity index (χ3n) is 5.37. The minimum atomic E-state index is 0.363. The normalized spacial score (nSPS) is 27.9. The van der Waals surface area contributed by atoms with E-state index < -0.39 is 0 Å². The van der Waals surface area contributed by atoms with Crippen LogP contribution >= 0.6 is 0 Å². The third kappa shape index (κ3) is 3.08. The standard InChI is InChI=1S/C18H28N2O/c1-2-11-20-16-13-17(21-15-8-7-12-19-14-15)18(16)9-5-3-4-6-10-18/h7-8,12,14,16-17,20H,2-6,9-11,13H2,1H3. The van der Waals surface area contributed by atoms with Crippen LogP contribution in [-0.4, -0.2) is 23.7 Å². The summed E-state index contributed by atoms with van der Waals surface area (Å²) in [7, 11) is 0. The van der Waals surface area contributed by atoms with Crippen molar-refractivity contribution < 1.29 is 4.74 Å². The fourth-order valence-electron chi connectivity index (χ4n) is 4.16. The van der Waals surface area contributed by atoms with E-state index in [4.69, 9.17) is 4.74 Å². The minimum Gasteiger partial charge on any atom is -0.488 e. The van der Waals surface area contributed by atoms with Crippen LogP contribution in [0.2, 0.25) is 0 Å². The molecule has 2 aliphatic rings. The molecule has 3 nitrogen and oxygen atoms in total. The Hall–Kier alpha value is -1.09. The van der Waals surface area contributed by atoms with Gasteiger partial charge in [0, 0.05) is 24.1 Å². The van der Waals surface area contributed by atoms with Crippen molar-refractivity contribution in [2.75, 3.05) is 6.54 Å². The van der Waals surface area contributed by atoms with Crippen LogP contribution in [0.15, 0.2) is 24.5 Å². The lowest BCUT2D eigenvalue weighted by molar-refractivity contribution is -0.0905. The number of aromatic nitrogens is 1. The number of hydrogen-bond donors (Lipinski definition) is 1. The van der Waals surface area contributed by atoms with Gasteiger partial charge in [-0.2, -0.15) is 0 Å². The Bertz CT molecular complexity index is 426. The zero-order valence-electron chi connectivity index (χ0n) is 13.2. The first kappa shape index (κ1) is 14.8. The van der Waals surface area contributed by atoms with E-state index >= 15 is 0 Å². The van der Waals surface area contributed by atoms with Gasteiger partial charge in [-0.25, -0.2) is 0 Å². The van der Waals surface area contributed by atoms with Gasteiger partial charge in [0.1, 0.15) is 11.9 Å². The summed E-state index contributed by atoms with van der Waals surface area (Å²) in [6.07, 6.45) is 14.5. The van der Waals surface area contributed by atoms with Crippen molar-refractivity contribution in [2.45, 2.75) is 70.4 Å². The smallest absolute Gasteiger partial charge is 0.138 e. The van der Waals surface area contributed by atoms with Gasteiger partial charge in [-0.3, -0.25) is 4.98 Å². The molecule has 116 valence electrons. The summed E-state index contributed by atoms with van der Waals surface area (Å²) >= 11 is 0. The lowest BCUT2D eigenvalue weighted by Crippen LogP contribution is -2.64. The van der Waals surface area contributed by atoms with Crippen LogP contribution < -0.4 is 10.1 Å². The predicted molar refractivity (Wildman–Crippen MR) is 85.5 cm³/mol. The molecule has 1 spiro atoms. The van der Waals surface area contributed by atoms with Gasteiger partial charge in [0.2, 0.25) is 0 Å². The lowest BCUT2D eigenvalue weighted by Gasteiger charge is -2.56. The number of pyridine rings is 1. The molecule has 0 amide bonds. The molecule has 3 heteroatoms. The number of rotatable bonds is 5. The zero-order chi connectivity index (χ0) is 14.5. The van der Waals surface area contributed by atoms with Crippen LogP contribution in [0, 0.1) is 5.41 Å². The highest BCUT2D eigenvalue weighted by atomic mass is 16.5. The van der Waals surface area contributed by atoms with E-state index in [2.05, 4.69) is 17.2 Å². The Kier molecular flexibility index (Phi) is 4.79. The zero-order valence-corrected chi connectivity index (χ0v) is 13.2. The summed E-state index contributed by atoms with van der Waals surface area (Å²) in [6, 6.07) is 4.64. The Balaban J connectivity index is 1.71. The predicted octanol–water partition coefficient (Wildman–Crippen LogP) is 3.94. The Morgan fingerprint density at radius 1 is 1.29 bits per heavy atom. The quantitative estimate of drug-likeness (QED) is 0.891. The number of nitrogens with zero attached hydrogens (tertiary/aromatic N) is 1. The molecule has 2 atom stereocenters. The molecule has 0 aromatic carbocycles. The summed E-state index contributed by atoms with van der Waals surface area (Å²) in [5, 5.41) is 3.78. The number of hydrogen-bond acceptors (Lipinski definition) is 3. The molecule has 0 saturated heterocycles. The van der Waals surface area contributed by atoms with E-state index in [9.17, 15) is 0 Å². The molecule has 1 aromatic heterocycles. The third-order valence-corrected chi connectivity index (χ3v) is 5.37. The molecule has 0 aliphatic heterocycles. The van der Waals surface area contributed by atoms with E-state index in [1.54, 1.807) is 6.20 Å². The summed E-state index contributed by atoms with van der Waals surface area (Å²) in [4.78, 5) is 4.18. The molecule has 0 bridgehead atoms. The summed E-state index contributed by atoms with van der Waals surface area (Å²) in [5.74, 6) is 0.931. The van der Waals surface area contributed by atoms with E-state index in [0.717, 1.165) is 18.7 Å². The van der Waals surface area contributed by atoms with E-state index in [-0.39, 0.29) is 0 Å². The Morgan fingerprint density at radius 2 is 2.10 bits per heavy atom. The average molecular weight is 288 g/mol. The van der Waals surface area contributed by atoms with Gasteiger partial charge < -0.3 is 10.1 Å². The molecular formula is C18H28N2O. The first-order valence-electron chi connectivity index (χ1n) is 8.65. The van der Waals surface area contributed by atoms with Crippen molar-refractivity contribution in [1.82, 2.24) is 10.3 Å². The van der Waals surface area contributed by atoms with Crippen LogP contribution in [-0.2, 0) is 0 Å². The molecule has 2 saturated carbocycles. The van der Waals surface area contributed by atoms with Crippen molar-refractivity contribution >= 4 is 0 Å². The maximum Gasteiger partial charge on any atom is 0.138 e. The molecule has 2 aliphatic carbocycles. The van der Waals surface area contributed by atoms with Crippen LogP contribution in [0.25, 0.3) is 0 Å². The van der Waals surface area contributed by atoms with Crippen LogP contribution in [0.3, 0.4) is 0 Å². The molecule has 1 N–H and O–H groups in total. The van der Waals surface area contributed by atoms with Gasteiger partial charge in [0.05, 0.1) is 6.20 Å². The number of nitrogens with one attached hydrogen (secondary N) is 1. The number of ether oxygens (including phenoxy) is 1. The highest BCUT2D eigenvalue weighted by Gasteiger charge is 2.55. The maximum atomic E-state index is 6.31. The molecular weight excluding hydrogens is 260 g/mol. The summed E-state index contributed by atoms with van der Waals surface area (Å²) in [6.45, 7) is 3.38. The van der Waals surface area contributed by atoms with Crippen molar-refractivity contribution in [1.29, 1.82) is 0 Å². The van der Waals surface area contributed by atoms with Gasteiger partial charge in [-0.1, -0.05) is 32.6 Å². The Morgan fingerprint density at radius 3 is 2.76 bits per heavy atom. The maximum absolute atomic E-state index is 6.31. The van der Waals surface area contributed by atoms with E-state index in [0.29, 0.717) is 17.6 Å². The molecule has 0 radical (unpaired) electrons. The van der Waals surface area contributed by atoms with Gasteiger partial charge in [-0.15, -0.1) is 0 Å². The summed E-state index contributed by atoms with van der Waals surface area (Å²) < 4.78 is 6.31. The van der Waals surface area contributed by atoms with Crippen molar-refractivity contribution in [3.8, 4) is 5.75 Å². The molecule has 2 fully saturated rings. The molecule has 1 heterocycles. The fourth-order valence-corrected chi connectivity index (χ4v) is 4.16. The molecule has 21 heavy (non-hydrogen) atoms. The van der Waals surface area contributed by atoms with Gasteiger partial charge >= 0.3 is 0 Å². The van der Waals surface area contributed by atoms with Crippen molar-refractivity contribution in [3.63, 3.8) is 0 Å². The Labute approximate surface area is 128 Å². The second kappa shape index (κ2) is 6.78. The summed E-state index contributed by atoms with van der Waals surface area (Å²) in [5.41, 5.74) is 0.363. The lowest BCUT2D eigenvalue weighted by atomic mass is 9.57. The SMILES string of the molecule is CCCNC1CC(Oc2cccnc2)C12CCCCCC2. The van der Waals surface area contributed by atoms with Crippen molar-refractivity contribution in [2.24, 2.45) is 5.41 Å². The van der Waals surface area contributed by atoms with E-state index in [1.165, 1.54) is 44.9 Å². The average Bonchev–Trinajstić information content (AvgIpc) is 2.79. The second-order valence-electron chi connectivity index (χ2n) is 6.69. The highest BCUT2D eigenvalue weighted by Crippen LogP contribution is 2.52. The highest BCUT2D eigenvalue weighted by molar-refractivity contribution is 5.19.